The third kappa shape index (κ3) is 2.49. The maximum Gasteiger partial charge on any atom is 0.0946 e. The molecule has 1 rings (SSSR count). The molecule has 2 N–H and O–H groups in total. The Hall–Kier alpha value is -0.540. The molecule has 0 atom stereocenters. The van der Waals surface area contributed by atoms with Crippen LogP contribution in [-0.4, -0.2) is 16.1 Å². The van der Waals surface area contributed by atoms with Crippen LogP contribution in [0.2, 0.25) is 0 Å². The molecular weight excluding hydrogens is 138 g/mol. The molecule has 0 saturated carbocycles. The number of nitrogens with zero attached hydrogens (tertiary/aromatic N) is 2. The Morgan fingerprint density at radius 3 is 2.78 bits per heavy atom. The van der Waals surface area contributed by atoms with E-state index in [0.717, 1.165) is 6.54 Å². The van der Waals surface area contributed by atoms with E-state index in [4.69, 9.17) is 5.73 Å². The molecule has 0 aliphatic rings. The fourth-order valence-electron chi connectivity index (χ4n) is 0.568. The lowest BCUT2D eigenvalue weighted by molar-refractivity contribution is 0.708. The smallest absolute Gasteiger partial charge is 0.0946 e. The van der Waals surface area contributed by atoms with Gasteiger partial charge in [-0.3, -0.25) is 0 Å². The summed E-state index contributed by atoms with van der Waals surface area (Å²) in [5.74, 6) is 0. The molecule has 0 saturated heterocycles. The summed E-state index contributed by atoms with van der Waals surface area (Å²) in [5, 5.41) is 0. The summed E-state index contributed by atoms with van der Waals surface area (Å²) in [6, 6.07) is 0. The fraction of sp³-hybridized carbons (Fsp3) is 0.400. The summed E-state index contributed by atoms with van der Waals surface area (Å²) >= 11 is 0. The van der Waals surface area contributed by atoms with Gasteiger partial charge in [-0.25, -0.2) is 4.98 Å². The van der Waals surface area contributed by atoms with Gasteiger partial charge >= 0.3 is 0 Å². The number of aromatic nitrogens is 2. The zero-order chi connectivity index (χ0) is 5.82. The normalized spacial score (nSPS) is 8.56. The van der Waals surface area contributed by atoms with E-state index in [2.05, 4.69) is 4.98 Å². The van der Waals surface area contributed by atoms with E-state index in [1.165, 1.54) is 0 Å². The number of imidazole rings is 1. The molecule has 4 heteroatoms. The zero-order valence-electron chi connectivity index (χ0n) is 5.03. The molecule has 52 valence electrons. The molecule has 1 heterocycles. The van der Waals surface area contributed by atoms with Crippen LogP contribution in [-0.2, 0) is 6.54 Å². The monoisotopic (exact) mass is 147 g/mol. The van der Waals surface area contributed by atoms with Crippen molar-refractivity contribution in [3.05, 3.63) is 18.7 Å². The van der Waals surface area contributed by atoms with Crippen LogP contribution in [0.15, 0.2) is 18.7 Å². The number of halogens is 1. The predicted octanol–water partition coefficient (Wildman–Crippen LogP) is 0.264. The minimum absolute atomic E-state index is 0. The van der Waals surface area contributed by atoms with Crippen LogP contribution >= 0.6 is 12.4 Å². The van der Waals surface area contributed by atoms with E-state index in [-0.39, 0.29) is 12.4 Å². The molecule has 0 aliphatic heterocycles. The van der Waals surface area contributed by atoms with E-state index in [9.17, 15) is 0 Å². The van der Waals surface area contributed by atoms with Gasteiger partial charge in [0, 0.05) is 25.5 Å². The van der Waals surface area contributed by atoms with Crippen LogP contribution in [0.1, 0.15) is 0 Å². The Balaban J connectivity index is 0.000000640. The van der Waals surface area contributed by atoms with E-state index in [1.54, 1.807) is 12.5 Å². The van der Waals surface area contributed by atoms with Crippen molar-refractivity contribution in [2.45, 2.75) is 6.54 Å². The van der Waals surface area contributed by atoms with Crippen molar-refractivity contribution in [2.24, 2.45) is 5.73 Å². The molecule has 0 bridgehead atoms. The molecule has 0 fully saturated rings. The van der Waals surface area contributed by atoms with Gasteiger partial charge in [-0.2, -0.15) is 0 Å². The van der Waals surface area contributed by atoms with E-state index >= 15 is 0 Å². The minimum Gasteiger partial charge on any atom is -0.336 e. The highest BCUT2D eigenvalue weighted by Crippen LogP contribution is 1.81. The van der Waals surface area contributed by atoms with Gasteiger partial charge in [0.25, 0.3) is 0 Å². The second-order valence-corrected chi connectivity index (χ2v) is 1.59. The number of nitrogens with two attached hydrogens (primary N) is 1. The molecule has 9 heavy (non-hydrogen) atoms. The molecule has 0 amide bonds. The fourth-order valence-corrected chi connectivity index (χ4v) is 0.568. The summed E-state index contributed by atoms with van der Waals surface area (Å²) in [5.41, 5.74) is 5.27. The SMILES string of the molecule is Cl.NCCn1ccnc1. The van der Waals surface area contributed by atoms with Gasteiger partial charge in [-0.15, -0.1) is 12.4 Å². The summed E-state index contributed by atoms with van der Waals surface area (Å²) in [4.78, 5) is 3.85. The van der Waals surface area contributed by atoms with Crippen LogP contribution in [0, 0.1) is 0 Å². The lowest BCUT2D eigenvalue weighted by Gasteiger charge is -1.93. The first kappa shape index (κ1) is 8.46. The first-order chi connectivity index (χ1) is 3.93. The molecule has 0 radical (unpaired) electrons. The summed E-state index contributed by atoms with van der Waals surface area (Å²) in [7, 11) is 0. The highest BCUT2D eigenvalue weighted by atomic mass is 35.5. The Kier molecular flexibility index (Phi) is 4.09. The lowest BCUT2D eigenvalue weighted by Crippen LogP contribution is -2.07. The quantitative estimate of drug-likeness (QED) is 0.653. The van der Waals surface area contributed by atoms with Crippen LogP contribution < -0.4 is 5.73 Å². The highest BCUT2D eigenvalue weighted by Gasteiger charge is 1.82. The average Bonchev–Trinajstić information content (AvgIpc) is 2.19. The summed E-state index contributed by atoms with van der Waals surface area (Å²) < 4.78 is 1.94. The molecule has 1 aromatic rings. The molecule has 0 aromatic carbocycles. The van der Waals surface area contributed by atoms with Crippen molar-refractivity contribution < 1.29 is 0 Å². The molecule has 3 nitrogen and oxygen atoms in total. The van der Waals surface area contributed by atoms with E-state index in [1.807, 2.05) is 10.8 Å². The minimum atomic E-state index is 0. The van der Waals surface area contributed by atoms with Crippen LogP contribution in [0.5, 0.6) is 0 Å². The highest BCUT2D eigenvalue weighted by molar-refractivity contribution is 5.85. The first-order valence-corrected chi connectivity index (χ1v) is 2.59. The Morgan fingerprint density at radius 1 is 1.56 bits per heavy atom. The van der Waals surface area contributed by atoms with Gasteiger partial charge in [0.1, 0.15) is 0 Å². The van der Waals surface area contributed by atoms with Gasteiger partial charge in [-0.05, 0) is 0 Å². The third-order valence-corrected chi connectivity index (χ3v) is 0.946. The van der Waals surface area contributed by atoms with E-state index in [0.29, 0.717) is 6.54 Å². The van der Waals surface area contributed by atoms with Crippen LogP contribution in [0.3, 0.4) is 0 Å². The second kappa shape index (κ2) is 4.35. The van der Waals surface area contributed by atoms with Crippen molar-refractivity contribution in [3.63, 3.8) is 0 Å². The Labute approximate surface area is 60.3 Å². The van der Waals surface area contributed by atoms with Crippen molar-refractivity contribution >= 4 is 12.4 Å². The predicted molar refractivity (Wildman–Crippen MR) is 38.5 cm³/mol. The standard InChI is InChI=1S/C5H9N3.ClH/c6-1-3-8-4-2-7-5-8;/h2,4-5H,1,3,6H2;1H. The second-order valence-electron chi connectivity index (χ2n) is 1.59. The number of hydrogen-bond acceptors (Lipinski definition) is 2. The van der Waals surface area contributed by atoms with Crippen molar-refractivity contribution in [1.82, 2.24) is 9.55 Å². The molecule has 0 aliphatic carbocycles. The zero-order valence-corrected chi connectivity index (χ0v) is 5.84. The van der Waals surface area contributed by atoms with Gasteiger partial charge in [-0.1, -0.05) is 0 Å². The van der Waals surface area contributed by atoms with Gasteiger partial charge in [0.05, 0.1) is 6.33 Å². The maximum atomic E-state index is 5.27. The largest absolute Gasteiger partial charge is 0.336 e. The lowest BCUT2D eigenvalue weighted by atomic mass is 10.6. The Morgan fingerprint density at radius 2 is 2.33 bits per heavy atom. The van der Waals surface area contributed by atoms with Crippen molar-refractivity contribution in [2.75, 3.05) is 6.54 Å². The summed E-state index contributed by atoms with van der Waals surface area (Å²) in [6.45, 7) is 1.54. The number of rotatable bonds is 2. The molecule has 1 aromatic heterocycles. The first-order valence-electron chi connectivity index (χ1n) is 2.59. The number of hydrogen-bond donors (Lipinski definition) is 1. The van der Waals surface area contributed by atoms with Gasteiger partial charge in [0.2, 0.25) is 0 Å². The average molecular weight is 148 g/mol. The maximum absolute atomic E-state index is 5.27. The van der Waals surface area contributed by atoms with Crippen molar-refractivity contribution in [1.29, 1.82) is 0 Å². The summed E-state index contributed by atoms with van der Waals surface area (Å²) in [6.07, 6.45) is 5.40. The van der Waals surface area contributed by atoms with Crippen molar-refractivity contribution in [3.8, 4) is 0 Å². The van der Waals surface area contributed by atoms with Crippen LogP contribution in [0.25, 0.3) is 0 Å². The third-order valence-electron chi connectivity index (χ3n) is 0.946. The van der Waals surface area contributed by atoms with E-state index < -0.39 is 0 Å². The molecule has 0 spiro atoms. The molecule has 0 unspecified atom stereocenters. The van der Waals surface area contributed by atoms with Gasteiger partial charge < -0.3 is 10.3 Å². The topological polar surface area (TPSA) is 43.8 Å². The Bertz CT molecular complexity index is 138. The van der Waals surface area contributed by atoms with Crippen LogP contribution in [0.4, 0.5) is 0 Å². The van der Waals surface area contributed by atoms with Gasteiger partial charge in [0.15, 0.2) is 0 Å². The molecular formula is C5H10ClN3.